The van der Waals surface area contributed by atoms with Gasteiger partial charge in [0, 0.05) is 5.02 Å². The molecule has 144 valence electrons. The molecule has 7 nitrogen and oxygen atoms in total. The molecule has 0 heterocycles. The van der Waals surface area contributed by atoms with Crippen molar-refractivity contribution in [3.05, 3.63) is 64.7 Å². The van der Waals surface area contributed by atoms with Crippen LogP contribution in [0, 0.1) is 0 Å². The highest BCUT2D eigenvalue weighted by Gasteiger charge is 2.14. The van der Waals surface area contributed by atoms with Gasteiger partial charge in [0.2, 0.25) is 10.0 Å². The second kappa shape index (κ2) is 8.98. The minimum Gasteiger partial charge on any atom is -0.455 e. The van der Waals surface area contributed by atoms with Crippen molar-refractivity contribution < 1.29 is 22.7 Å². The van der Waals surface area contributed by atoms with Crippen molar-refractivity contribution in [3.8, 4) is 0 Å². The van der Waals surface area contributed by atoms with Gasteiger partial charge in [-0.25, -0.2) is 13.6 Å². The summed E-state index contributed by atoms with van der Waals surface area (Å²) in [6.45, 7) is 1.31. The van der Waals surface area contributed by atoms with Crippen molar-refractivity contribution in [2.75, 3.05) is 6.61 Å². The van der Waals surface area contributed by atoms with Crippen LogP contribution < -0.4 is 10.5 Å². The number of hydrogen-bond donors (Lipinski definition) is 2. The predicted octanol–water partition coefficient (Wildman–Crippen LogP) is 1.95. The molecular formula is C18H19ClN2O5S. The van der Waals surface area contributed by atoms with E-state index in [1.165, 1.54) is 12.1 Å². The van der Waals surface area contributed by atoms with Gasteiger partial charge >= 0.3 is 5.97 Å². The predicted molar refractivity (Wildman–Crippen MR) is 100 cm³/mol. The van der Waals surface area contributed by atoms with E-state index in [2.05, 4.69) is 5.32 Å². The third-order valence-corrected chi connectivity index (χ3v) is 4.89. The van der Waals surface area contributed by atoms with Crippen LogP contribution in [-0.2, 0) is 30.8 Å². The Balaban J connectivity index is 1.82. The Bertz CT molecular complexity index is 912. The van der Waals surface area contributed by atoms with Gasteiger partial charge in [-0.3, -0.25) is 9.59 Å². The summed E-state index contributed by atoms with van der Waals surface area (Å²) in [5.41, 5.74) is 1.41. The molecular weight excluding hydrogens is 392 g/mol. The summed E-state index contributed by atoms with van der Waals surface area (Å²) >= 11 is 5.78. The maximum Gasteiger partial charge on any atom is 0.310 e. The zero-order chi connectivity index (χ0) is 20.0. The first-order chi connectivity index (χ1) is 12.6. The van der Waals surface area contributed by atoms with Crippen LogP contribution in [-0.4, -0.2) is 26.9 Å². The Morgan fingerprint density at radius 3 is 2.26 bits per heavy atom. The minimum atomic E-state index is -3.77. The van der Waals surface area contributed by atoms with Crippen LogP contribution in [0.3, 0.4) is 0 Å². The number of nitrogens with one attached hydrogen (secondary N) is 1. The Morgan fingerprint density at radius 1 is 1.11 bits per heavy atom. The molecule has 0 saturated heterocycles. The normalized spacial score (nSPS) is 12.3. The average Bonchev–Trinajstić information content (AvgIpc) is 2.61. The van der Waals surface area contributed by atoms with Crippen LogP contribution in [0.5, 0.6) is 0 Å². The monoisotopic (exact) mass is 410 g/mol. The van der Waals surface area contributed by atoms with E-state index in [-0.39, 0.29) is 11.3 Å². The molecule has 0 radical (unpaired) electrons. The molecule has 0 fully saturated rings. The number of primary sulfonamides is 1. The number of esters is 1. The molecule has 0 saturated carbocycles. The van der Waals surface area contributed by atoms with E-state index < -0.39 is 34.5 Å². The summed E-state index contributed by atoms with van der Waals surface area (Å²) in [6.07, 6.45) is 0.0367. The lowest BCUT2D eigenvalue weighted by molar-refractivity contribution is -0.148. The number of carbonyl (C=O) groups excluding carboxylic acids is 2. The molecule has 2 aromatic carbocycles. The van der Waals surface area contributed by atoms with Gasteiger partial charge in [-0.2, -0.15) is 0 Å². The third kappa shape index (κ3) is 6.67. The van der Waals surface area contributed by atoms with E-state index in [1.807, 2.05) is 0 Å². The number of halogens is 1. The maximum absolute atomic E-state index is 11.9. The summed E-state index contributed by atoms with van der Waals surface area (Å²) < 4.78 is 27.4. The van der Waals surface area contributed by atoms with Crippen molar-refractivity contribution in [1.29, 1.82) is 0 Å². The zero-order valence-electron chi connectivity index (χ0n) is 14.5. The number of hydrogen-bond acceptors (Lipinski definition) is 5. The summed E-state index contributed by atoms with van der Waals surface area (Å²) in [4.78, 5) is 23.7. The highest BCUT2D eigenvalue weighted by atomic mass is 35.5. The number of amides is 1. The topological polar surface area (TPSA) is 116 Å². The molecule has 9 heteroatoms. The number of benzene rings is 2. The van der Waals surface area contributed by atoms with Gasteiger partial charge in [-0.15, -0.1) is 0 Å². The largest absolute Gasteiger partial charge is 0.455 e. The Labute approximate surface area is 162 Å². The van der Waals surface area contributed by atoms with E-state index in [4.69, 9.17) is 21.5 Å². The Hall–Kier alpha value is -2.42. The first-order valence-electron chi connectivity index (χ1n) is 7.97. The fraction of sp³-hybridized carbons (Fsp3) is 0.222. The second-order valence-electron chi connectivity index (χ2n) is 5.87. The van der Waals surface area contributed by atoms with Crippen molar-refractivity contribution in [1.82, 2.24) is 5.32 Å². The molecule has 1 amide bonds. The summed E-state index contributed by atoms with van der Waals surface area (Å²) in [6, 6.07) is 12.2. The smallest absolute Gasteiger partial charge is 0.310 e. The molecule has 3 N–H and O–H groups in total. The number of rotatable bonds is 7. The molecule has 0 unspecified atom stereocenters. The molecule has 0 aliphatic heterocycles. The van der Waals surface area contributed by atoms with Crippen LogP contribution in [0.15, 0.2) is 53.4 Å². The average molecular weight is 411 g/mol. The highest BCUT2D eigenvalue weighted by molar-refractivity contribution is 7.89. The molecule has 2 rings (SSSR count). The molecule has 0 bridgehead atoms. The highest BCUT2D eigenvalue weighted by Crippen LogP contribution is 2.15. The number of ether oxygens (including phenoxy) is 1. The van der Waals surface area contributed by atoms with Crippen molar-refractivity contribution in [2.24, 2.45) is 5.14 Å². The van der Waals surface area contributed by atoms with Crippen LogP contribution in [0.25, 0.3) is 0 Å². The molecule has 0 aliphatic rings. The zero-order valence-corrected chi connectivity index (χ0v) is 16.1. The summed E-state index contributed by atoms with van der Waals surface area (Å²) in [5.74, 6) is -1.000. The lowest BCUT2D eigenvalue weighted by Crippen LogP contribution is -2.31. The summed E-state index contributed by atoms with van der Waals surface area (Å²) in [7, 11) is -3.77. The summed E-state index contributed by atoms with van der Waals surface area (Å²) in [5, 5.41) is 8.28. The lowest BCUT2D eigenvalue weighted by atomic mass is 10.1. The fourth-order valence-corrected chi connectivity index (χ4v) is 2.92. The van der Waals surface area contributed by atoms with E-state index in [0.717, 1.165) is 5.56 Å². The van der Waals surface area contributed by atoms with Crippen molar-refractivity contribution in [2.45, 2.75) is 24.3 Å². The fourth-order valence-electron chi connectivity index (χ4n) is 2.28. The second-order valence-corrected chi connectivity index (χ2v) is 7.87. The van der Waals surface area contributed by atoms with E-state index >= 15 is 0 Å². The molecule has 0 aromatic heterocycles. The van der Waals surface area contributed by atoms with Crippen LogP contribution >= 0.6 is 11.6 Å². The van der Waals surface area contributed by atoms with E-state index in [0.29, 0.717) is 10.6 Å². The van der Waals surface area contributed by atoms with Crippen LogP contribution in [0.4, 0.5) is 0 Å². The van der Waals surface area contributed by atoms with Crippen molar-refractivity contribution in [3.63, 3.8) is 0 Å². The van der Waals surface area contributed by atoms with Gasteiger partial charge in [0.05, 0.1) is 17.4 Å². The van der Waals surface area contributed by atoms with Gasteiger partial charge in [-0.05, 0) is 42.3 Å². The SMILES string of the molecule is C[C@H](NC(=O)COC(=O)Cc1ccc(Cl)cc1)c1ccc(S(N)(=O)=O)cc1. The van der Waals surface area contributed by atoms with Crippen LogP contribution in [0.2, 0.25) is 5.02 Å². The van der Waals surface area contributed by atoms with Crippen LogP contribution in [0.1, 0.15) is 24.1 Å². The van der Waals surface area contributed by atoms with E-state index in [1.54, 1.807) is 43.3 Å². The quantitative estimate of drug-likeness (QED) is 0.677. The number of nitrogens with two attached hydrogens (primary N) is 1. The standard InChI is InChI=1S/C18H19ClN2O5S/c1-12(14-4-8-16(9-5-14)27(20,24)25)21-17(22)11-26-18(23)10-13-2-6-15(19)7-3-13/h2-9,12H,10-11H2,1H3,(H,21,22)(H2,20,24,25)/t12-/m0/s1. The van der Waals surface area contributed by atoms with Gasteiger partial charge in [-0.1, -0.05) is 35.9 Å². The maximum atomic E-state index is 11.9. The van der Waals surface area contributed by atoms with Gasteiger partial charge in [0.25, 0.3) is 5.91 Å². The minimum absolute atomic E-state index is 0.0130. The molecule has 0 spiro atoms. The van der Waals surface area contributed by atoms with Gasteiger partial charge in [0.1, 0.15) is 0 Å². The Kier molecular flexibility index (Phi) is 6.95. The Morgan fingerprint density at radius 2 is 1.70 bits per heavy atom. The van der Waals surface area contributed by atoms with Crippen molar-refractivity contribution >= 4 is 33.5 Å². The molecule has 0 aliphatic carbocycles. The lowest BCUT2D eigenvalue weighted by Gasteiger charge is -2.15. The number of sulfonamides is 1. The molecule has 2 aromatic rings. The molecule has 27 heavy (non-hydrogen) atoms. The number of carbonyl (C=O) groups is 2. The van der Waals surface area contributed by atoms with E-state index in [9.17, 15) is 18.0 Å². The van der Waals surface area contributed by atoms with Gasteiger partial charge < -0.3 is 10.1 Å². The molecule has 1 atom stereocenters. The first kappa shape index (κ1) is 20.9. The first-order valence-corrected chi connectivity index (χ1v) is 9.90. The third-order valence-electron chi connectivity index (χ3n) is 3.71. The van der Waals surface area contributed by atoms with Gasteiger partial charge in [0.15, 0.2) is 6.61 Å².